The van der Waals surface area contributed by atoms with Gasteiger partial charge < -0.3 is 5.11 Å². The third-order valence-electron chi connectivity index (χ3n) is 4.15. The van der Waals surface area contributed by atoms with Crippen LogP contribution in [0.1, 0.15) is 15.2 Å². The number of anilines is 1. The van der Waals surface area contributed by atoms with Crippen LogP contribution in [0.5, 0.6) is 0 Å². The Labute approximate surface area is 162 Å². The lowest BCUT2D eigenvalue weighted by atomic mass is 10.0. The second-order valence-electron chi connectivity index (χ2n) is 5.75. The van der Waals surface area contributed by atoms with Crippen molar-refractivity contribution in [2.75, 3.05) is 4.31 Å². The fraction of sp³-hybridized carbons (Fsp3) is 0.0556. The van der Waals surface area contributed by atoms with Gasteiger partial charge in [-0.25, -0.2) is 13.2 Å². The quantitative estimate of drug-likeness (QED) is 0.634. The summed E-state index contributed by atoms with van der Waals surface area (Å²) in [6.45, 7) is 0.106. The van der Waals surface area contributed by atoms with Crippen LogP contribution in [-0.4, -0.2) is 19.5 Å². The maximum atomic E-state index is 13.2. The third-order valence-corrected chi connectivity index (χ3v) is 7.65. The Morgan fingerprint density at radius 3 is 2.50 bits per heavy atom. The SMILES string of the molecule is O=C(O)c1cc2c(s1)-c1ccccc1N(S(=O)(=O)c1ccc(Br)cc1)C2. The fourth-order valence-electron chi connectivity index (χ4n) is 2.95. The zero-order valence-corrected chi connectivity index (χ0v) is 16.4. The van der Waals surface area contributed by atoms with Crippen LogP contribution in [0.4, 0.5) is 5.69 Å². The molecule has 1 aliphatic rings. The molecule has 0 radical (unpaired) electrons. The van der Waals surface area contributed by atoms with E-state index in [2.05, 4.69) is 15.9 Å². The van der Waals surface area contributed by atoms with Crippen molar-refractivity contribution in [3.05, 3.63) is 69.5 Å². The second kappa shape index (κ2) is 6.22. The molecular weight excluding hydrogens is 438 g/mol. The van der Waals surface area contributed by atoms with Gasteiger partial charge in [0, 0.05) is 14.9 Å². The predicted molar refractivity (Wildman–Crippen MR) is 104 cm³/mol. The molecule has 0 amide bonds. The number of aromatic carboxylic acids is 1. The molecule has 0 spiro atoms. The molecule has 0 unspecified atom stereocenters. The Kier molecular flexibility index (Phi) is 4.13. The highest BCUT2D eigenvalue weighted by molar-refractivity contribution is 9.10. The van der Waals surface area contributed by atoms with E-state index in [1.54, 1.807) is 42.5 Å². The van der Waals surface area contributed by atoms with Crippen molar-refractivity contribution in [2.45, 2.75) is 11.4 Å². The van der Waals surface area contributed by atoms with Crippen LogP contribution in [0.25, 0.3) is 10.4 Å². The van der Waals surface area contributed by atoms with Crippen molar-refractivity contribution >= 4 is 48.9 Å². The van der Waals surface area contributed by atoms with E-state index in [0.717, 1.165) is 14.9 Å². The summed E-state index contributed by atoms with van der Waals surface area (Å²) in [7, 11) is -3.78. The largest absolute Gasteiger partial charge is 0.477 e. The van der Waals surface area contributed by atoms with Gasteiger partial charge in [0.25, 0.3) is 10.0 Å². The summed E-state index contributed by atoms with van der Waals surface area (Å²) in [5.74, 6) is -1.01. The molecule has 26 heavy (non-hydrogen) atoms. The van der Waals surface area contributed by atoms with E-state index >= 15 is 0 Å². The number of thiophene rings is 1. The van der Waals surface area contributed by atoms with E-state index in [-0.39, 0.29) is 16.3 Å². The van der Waals surface area contributed by atoms with Crippen LogP contribution in [0.2, 0.25) is 0 Å². The van der Waals surface area contributed by atoms with E-state index < -0.39 is 16.0 Å². The molecular formula is C18H12BrNO4S2. The van der Waals surface area contributed by atoms with E-state index in [9.17, 15) is 18.3 Å². The average Bonchev–Trinajstić information content (AvgIpc) is 3.06. The predicted octanol–water partition coefficient (Wildman–Crippen LogP) is 4.58. The Balaban J connectivity index is 1.88. The first-order valence-electron chi connectivity index (χ1n) is 7.61. The first kappa shape index (κ1) is 17.3. The van der Waals surface area contributed by atoms with Gasteiger partial charge in [-0.1, -0.05) is 34.1 Å². The summed E-state index contributed by atoms with van der Waals surface area (Å²) in [4.78, 5) is 12.5. The van der Waals surface area contributed by atoms with Gasteiger partial charge in [-0.2, -0.15) is 0 Å². The summed E-state index contributed by atoms with van der Waals surface area (Å²) < 4.78 is 28.6. The number of rotatable bonds is 3. The van der Waals surface area contributed by atoms with Crippen LogP contribution in [0, 0.1) is 0 Å². The van der Waals surface area contributed by atoms with Gasteiger partial charge in [0.2, 0.25) is 0 Å². The Morgan fingerprint density at radius 1 is 1.12 bits per heavy atom. The molecule has 1 aliphatic heterocycles. The lowest BCUT2D eigenvalue weighted by molar-refractivity contribution is 0.0702. The molecule has 1 N–H and O–H groups in total. The lowest BCUT2D eigenvalue weighted by Crippen LogP contribution is -2.32. The minimum absolute atomic E-state index is 0.106. The Morgan fingerprint density at radius 2 is 1.81 bits per heavy atom. The minimum atomic E-state index is -3.78. The van der Waals surface area contributed by atoms with Crippen LogP contribution in [-0.2, 0) is 16.6 Å². The van der Waals surface area contributed by atoms with Crippen molar-refractivity contribution in [2.24, 2.45) is 0 Å². The van der Waals surface area contributed by atoms with Crippen LogP contribution in [0.15, 0.2) is 64.0 Å². The molecule has 2 heterocycles. The summed E-state index contributed by atoms with van der Waals surface area (Å²) in [5, 5.41) is 9.29. The highest BCUT2D eigenvalue weighted by Crippen LogP contribution is 2.45. The summed E-state index contributed by atoms with van der Waals surface area (Å²) in [6.07, 6.45) is 0. The molecule has 2 aromatic carbocycles. The van der Waals surface area contributed by atoms with Crippen LogP contribution < -0.4 is 4.31 Å². The topological polar surface area (TPSA) is 74.7 Å². The highest BCUT2D eigenvalue weighted by atomic mass is 79.9. The zero-order chi connectivity index (χ0) is 18.5. The molecule has 0 fully saturated rings. The number of carbonyl (C=O) groups is 1. The summed E-state index contributed by atoms with van der Waals surface area (Å²) in [6, 6.07) is 15.2. The van der Waals surface area contributed by atoms with E-state index in [1.807, 2.05) is 12.1 Å². The normalized spacial score (nSPS) is 13.2. The first-order chi connectivity index (χ1) is 12.4. The molecule has 3 aromatic rings. The smallest absolute Gasteiger partial charge is 0.345 e. The van der Waals surface area contributed by atoms with Gasteiger partial charge in [0.1, 0.15) is 4.88 Å². The number of nitrogens with zero attached hydrogens (tertiary/aromatic N) is 1. The number of benzene rings is 2. The second-order valence-corrected chi connectivity index (χ2v) is 9.58. The maximum Gasteiger partial charge on any atom is 0.345 e. The molecule has 0 bridgehead atoms. The number of hydrogen-bond acceptors (Lipinski definition) is 4. The molecule has 8 heteroatoms. The van der Waals surface area contributed by atoms with Gasteiger partial charge in [0.15, 0.2) is 0 Å². The Bertz CT molecular complexity index is 1120. The average molecular weight is 450 g/mol. The van der Waals surface area contributed by atoms with Gasteiger partial charge in [-0.15, -0.1) is 11.3 Å². The number of halogens is 1. The van der Waals surface area contributed by atoms with E-state index in [0.29, 0.717) is 11.3 Å². The molecule has 0 aliphatic carbocycles. The third kappa shape index (κ3) is 2.74. The maximum absolute atomic E-state index is 13.2. The zero-order valence-electron chi connectivity index (χ0n) is 13.2. The number of para-hydroxylation sites is 1. The van der Waals surface area contributed by atoms with Crippen LogP contribution in [0.3, 0.4) is 0 Å². The van der Waals surface area contributed by atoms with Crippen molar-refractivity contribution in [3.8, 4) is 10.4 Å². The van der Waals surface area contributed by atoms with Gasteiger partial charge in [-0.05, 0) is 42.0 Å². The number of hydrogen-bond donors (Lipinski definition) is 1. The highest BCUT2D eigenvalue weighted by Gasteiger charge is 2.33. The summed E-state index contributed by atoms with van der Waals surface area (Å²) >= 11 is 4.48. The number of carboxylic acids is 1. The monoisotopic (exact) mass is 449 g/mol. The molecule has 0 atom stereocenters. The standard InChI is InChI=1S/C18H12BrNO4S2/c19-12-5-7-13(8-6-12)26(23,24)20-10-11-9-16(18(21)22)25-17(11)14-3-1-2-4-15(14)20/h1-9H,10H2,(H,21,22). The summed E-state index contributed by atoms with van der Waals surface area (Å²) in [5.41, 5.74) is 1.99. The lowest BCUT2D eigenvalue weighted by Gasteiger charge is -2.30. The number of carboxylic acid groups (broad SMARTS) is 1. The molecule has 4 rings (SSSR count). The van der Waals surface area contributed by atoms with Crippen molar-refractivity contribution in [1.82, 2.24) is 0 Å². The Hall–Kier alpha value is -2.16. The molecule has 1 aromatic heterocycles. The van der Waals surface area contributed by atoms with Gasteiger partial charge in [0.05, 0.1) is 17.1 Å². The van der Waals surface area contributed by atoms with Crippen molar-refractivity contribution < 1.29 is 18.3 Å². The number of fused-ring (bicyclic) bond motifs is 3. The molecule has 0 saturated heterocycles. The van der Waals surface area contributed by atoms with Crippen molar-refractivity contribution in [1.29, 1.82) is 0 Å². The molecule has 0 saturated carbocycles. The fourth-order valence-corrected chi connectivity index (χ4v) is 5.72. The van der Waals surface area contributed by atoms with E-state index in [1.165, 1.54) is 15.6 Å². The van der Waals surface area contributed by atoms with Crippen LogP contribution >= 0.6 is 27.3 Å². The first-order valence-corrected chi connectivity index (χ1v) is 10.7. The number of sulfonamides is 1. The van der Waals surface area contributed by atoms with E-state index in [4.69, 9.17) is 0 Å². The van der Waals surface area contributed by atoms with Crippen molar-refractivity contribution in [3.63, 3.8) is 0 Å². The van der Waals surface area contributed by atoms with Gasteiger partial charge in [-0.3, -0.25) is 4.31 Å². The minimum Gasteiger partial charge on any atom is -0.477 e. The molecule has 132 valence electrons. The van der Waals surface area contributed by atoms with Gasteiger partial charge >= 0.3 is 5.97 Å². The molecule has 5 nitrogen and oxygen atoms in total.